The normalized spacial score (nSPS) is 14.2. The SMILES string of the molecule is CC(C)C[C@H]([NH-])C(=O)NCC(F)(F)F. The molecule has 0 rings (SSSR count). The highest BCUT2D eigenvalue weighted by molar-refractivity contribution is 5.83. The van der Waals surface area contributed by atoms with Crippen LogP contribution < -0.4 is 5.32 Å². The summed E-state index contributed by atoms with van der Waals surface area (Å²) in [5.74, 6) is -0.745. The number of rotatable bonds is 4. The highest BCUT2D eigenvalue weighted by Crippen LogP contribution is 2.13. The van der Waals surface area contributed by atoms with Crippen LogP contribution in [-0.4, -0.2) is 24.7 Å². The lowest BCUT2D eigenvalue weighted by Crippen LogP contribution is -2.39. The molecule has 0 aromatic carbocycles. The molecule has 84 valence electrons. The molecule has 0 radical (unpaired) electrons. The topological polar surface area (TPSA) is 52.9 Å². The fraction of sp³-hybridized carbons (Fsp3) is 0.875. The minimum absolute atomic E-state index is 0.120. The Bertz CT molecular complexity index is 192. The van der Waals surface area contributed by atoms with E-state index in [1.165, 1.54) is 0 Å². The molecule has 0 unspecified atom stereocenters. The van der Waals surface area contributed by atoms with Gasteiger partial charge in [0.2, 0.25) is 5.91 Å². The molecule has 0 aliphatic carbocycles. The van der Waals surface area contributed by atoms with Gasteiger partial charge in [-0.2, -0.15) is 13.2 Å². The van der Waals surface area contributed by atoms with E-state index in [2.05, 4.69) is 0 Å². The number of carbonyl (C=O) groups is 1. The predicted molar refractivity (Wildman–Crippen MR) is 46.6 cm³/mol. The number of amides is 1. The van der Waals surface area contributed by atoms with E-state index in [1.54, 1.807) is 19.2 Å². The summed E-state index contributed by atoms with van der Waals surface area (Å²) in [5.41, 5.74) is 7.24. The van der Waals surface area contributed by atoms with Gasteiger partial charge in [0.1, 0.15) is 6.54 Å². The van der Waals surface area contributed by atoms with Crippen molar-refractivity contribution in [2.45, 2.75) is 32.5 Å². The summed E-state index contributed by atoms with van der Waals surface area (Å²) in [6, 6.07) is -1.11. The van der Waals surface area contributed by atoms with Crippen molar-refractivity contribution < 1.29 is 18.0 Å². The first-order chi connectivity index (χ1) is 6.22. The lowest BCUT2D eigenvalue weighted by Gasteiger charge is -2.21. The van der Waals surface area contributed by atoms with Gasteiger partial charge in [0.15, 0.2) is 0 Å². The van der Waals surface area contributed by atoms with Crippen molar-refractivity contribution in [3.8, 4) is 0 Å². The first kappa shape index (κ1) is 13.2. The fourth-order valence-corrected chi connectivity index (χ4v) is 0.889. The largest absolute Gasteiger partial charge is 0.667 e. The van der Waals surface area contributed by atoms with Crippen LogP contribution in [0.25, 0.3) is 5.73 Å². The minimum Gasteiger partial charge on any atom is -0.667 e. The Morgan fingerprint density at radius 2 is 1.93 bits per heavy atom. The number of halogens is 3. The van der Waals surface area contributed by atoms with Gasteiger partial charge in [0, 0.05) is 0 Å². The van der Waals surface area contributed by atoms with Gasteiger partial charge in [-0.15, -0.1) is 0 Å². The summed E-state index contributed by atoms with van der Waals surface area (Å²) in [6.45, 7) is 2.25. The van der Waals surface area contributed by atoms with Crippen LogP contribution in [0.5, 0.6) is 0 Å². The second-order valence-corrected chi connectivity index (χ2v) is 3.52. The van der Waals surface area contributed by atoms with E-state index in [-0.39, 0.29) is 12.3 Å². The van der Waals surface area contributed by atoms with Gasteiger partial charge < -0.3 is 11.1 Å². The van der Waals surface area contributed by atoms with Crippen molar-refractivity contribution in [1.82, 2.24) is 5.32 Å². The Balaban J connectivity index is 3.85. The van der Waals surface area contributed by atoms with Crippen LogP contribution in [0.3, 0.4) is 0 Å². The third-order valence-electron chi connectivity index (χ3n) is 1.49. The van der Waals surface area contributed by atoms with E-state index in [1.807, 2.05) is 0 Å². The van der Waals surface area contributed by atoms with E-state index in [4.69, 9.17) is 5.73 Å². The summed E-state index contributed by atoms with van der Waals surface area (Å²) in [4.78, 5) is 10.9. The van der Waals surface area contributed by atoms with Gasteiger partial charge in [0.25, 0.3) is 0 Å². The van der Waals surface area contributed by atoms with Crippen molar-refractivity contribution in [1.29, 1.82) is 0 Å². The zero-order valence-corrected chi connectivity index (χ0v) is 8.11. The van der Waals surface area contributed by atoms with Crippen LogP contribution in [0.1, 0.15) is 20.3 Å². The molecule has 0 spiro atoms. The molecular weight excluding hydrogens is 197 g/mol. The standard InChI is InChI=1S/C8H14F3N2O/c1-5(2)3-6(12)7(14)13-4-8(9,10)11/h5-6,12H,3-4H2,1-2H3,(H,13,14)/q-1/t6-/m0/s1. The summed E-state index contributed by atoms with van der Waals surface area (Å²) in [7, 11) is 0. The first-order valence-electron chi connectivity index (χ1n) is 4.28. The van der Waals surface area contributed by atoms with E-state index in [0.29, 0.717) is 0 Å². The summed E-state index contributed by atoms with van der Waals surface area (Å²) >= 11 is 0. The maximum atomic E-state index is 11.7. The Morgan fingerprint density at radius 3 is 2.29 bits per heavy atom. The van der Waals surface area contributed by atoms with Crippen molar-refractivity contribution >= 4 is 5.91 Å². The van der Waals surface area contributed by atoms with Gasteiger partial charge in [-0.05, 0) is 5.92 Å². The van der Waals surface area contributed by atoms with E-state index >= 15 is 0 Å². The number of alkyl halides is 3. The van der Waals surface area contributed by atoms with Crippen LogP contribution in [-0.2, 0) is 4.79 Å². The van der Waals surface area contributed by atoms with Gasteiger partial charge in [-0.25, -0.2) is 0 Å². The Labute approximate surface area is 80.8 Å². The molecule has 0 heterocycles. The van der Waals surface area contributed by atoms with Crippen molar-refractivity contribution in [2.24, 2.45) is 5.92 Å². The first-order valence-corrected chi connectivity index (χ1v) is 4.28. The van der Waals surface area contributed by atoms with Crippen molar-refractivity contribution in [3.05, 3.63) is 5.73 Å². The summed E-state index contributed by atoms with van der Waals surface area (Å²) in [5, 5.41) is 1.68. The van der Waals surface area contributed by atoms with Crippen LogP contribution >= 0.6 is 0 Å². The molecule has 2 N–H and O–H groups in total. The van der Waals surface area contributed by atoms with E-state index in [0.717, 1.165) is 0 Å². The molecule has 0 fully saturated rings. The van der Waals surface area contributed by atoms with Crippen LogP contribution in [0, 0.1) is 5.92 Å². The van der Waals surface area contributed by atoms with Crippen molar-refractivity contribution in [3.63, 3.8) is 0 Å². The van der Waals surface area contributed by atoms with E-state index in [9.17, 15) is 18.0 Å². The zero-order valence-electron chi connectivity index (χ0n) is 8.11. The molecule has 0 aromatic heterocycles. The highest BCUT2D eigenvalue weighted by atomic mass is 19.4. The van der Waals surface area contributed by atoms with E-state index < -0.39 is 24.7 Å². The smallest absolute Gasteiger partial charge is 0.405 e. The van der Waals surface area contributed by atoms with Gasteiger partial charge >= 0.3 is 6.18 Å². The molecule has 0 saturated carbocycles. The molecule has 1 atom stereocenters. The number of hydrogen-bond donors (Lipinski definition) is 1. The average Bonchev–Trinajstić information content (AvgIpc) is 1.97. The lowest BCUT2D eigenvalue weighted by molar-refractivity contribution is -0.138. The summed E-state index contributed by atoms with van der Waals surface area (Å²) in [6.07, 6.45) is -4.14. The molecule has 0 aliphatic rings. The third kappa shape index (κ3) is 6.71. The average molecular weight is 211 g/mol. The molecule has 0 aromatic rings. The van der Waals surface area contributed by atoms with Crippen molar-refractivity contribution in [2.75, 3.05) is 6.54 Å². The highest BCUT2D eigenvalue weighted by Gasteiger charge is 2.27. The monoisotopic (exact) mass is 211 g/mol. The lowest BCUT2D eigenvalue weighted by atomic mass is 10.0. The molecule has 0 aliphatic heterocycles. The number of carbonyl (C=O) groups excluding carboxylic acids is 1. The van der Waals surface area contributed by atoms with Gasteiger partial charge in [-0.1, -0.05) is 26.3 Å². The predicted octanol–water partition coefficient (Wildman–Crippen LogP) is 2.13. The number of hydrogen-bond acceptors (Lipinski definition) is 1. The Morgan fingerprint density at radius 1 is 1.43 bits per heavy atom. The summed E-state index contributed by atoms with van der Waals surface area (Å²) < 4.78 is 35.0. The molecule has 0 saturated heterocycles. The van der Waals surface area contributed by atoms with Gasteiger partial charge in [0.05, 0.1) is 0 Å². The van der Waals surface area contributed by atoms with Crippen LogP contribution in [0.4, 0.5) is 13.2 Å². The van der Waals surface area contributed by atoms with Gasteiger partial charge in [-0.3, -0.25) is 4.79 Å². The fourth-order valence-electron chi connectivity index (χ4n) is 0.889. The second-order valence-electron chi connectivity index (χ2n) is 3.52. The maximum Gasteiger partial charge on any atom is 0.405 e. The quantitative estimate of drug-likeness (QED) is 0.760. The molecule has 0 bridgehead atoms. The maximum absolute atomic E-state index is 11.7. The van der Waals surface area contributed by atoms with Crippen LogP contribution in [0.15, 0.2) is 0 Å². The Hall–Kier alpha value is -0.780. The Kier molecular flexibility index (Phi) is 4.90. The van der Waals surface area contributed by atoms with Crippen LogP contribution in [0.2, 0.25) is 0 Å². The molecule has 14 heavy (non-hydrogen) atoms. The molecule has 3 nitrogen and oxygen atoms in total. The molecular formula is C8H14F3N2O-. The number of nitrogens with one attached hydrogen (secondary N) is 2. The third-order valence-corrected chi connectivity index (χ3v) is 1.49. The zero-order chi connectivity index (χ0) is 11.4. The molecule has 1 amide bonds. The second kappa shape index (κ2) is 5.19. The molecule has 6 heteroatoms. The minimum atomic E-state index is -4.41.